The van der Waals surface area contributed by atoms with E-state index in [0.29, 0.717) is 11.6 Å². The molecule has 1 fully saturated rings. The van der Waals surface area contributed by atoms with Crippen molar-refractivity contribution in [2.24, 2.45) is 0 Å². The summed E-state index contributed by atoms with van der Waals surface area (Å²) in [6.45, 7) is 3.91. The van der Waals surface area contributed by atoms with Gasteiger partial charge in [0.1, 0.15) is 11.6 Å². The molecule has 2 rings (SSSR count). The van der Waals surface area contributed by atoms with Gasteiger partial charge in [-0.2, -0.15) is 0 Å². The van der Waals surface area contributed by atoms with Gasteiger partial charge in [0, 0.05) is 23.7 Å². The first-order valence-corrected chi connectivity index (χ1v) is 6.08. The first-order valence-electron chi connectivity index (χ1n) is 6.08. The molecule has 0 spiro atoms. The fourth-order valence-electron chi connectivity index (χ4n) is 2.28. The van der Waals surface area contributed by atoms with E-state index in [1.165, 1.54) is 12.1 Å². The van der Waals surface area contributed by atoms with Crippen LogP contribution in [0.15, 0.2) is 18.2 Å². The van der Waals surface area contributed by atoms with Crippen LogP contribution in [0.25, 0.3) is 0 Å². The normalized spacial score (nSPS) is 19.2. The zero-order chi connectivity index (χ0) is 12.3. The highest BCUT2D eigenvalue weighted by atomic mass is 19.1. The highest BCUT2D eigenvalue weighted by Crippen LogP contribution is 2.19. The van der Waals surface area contributed by atoms with Gasteiger partial charge in [0.05, 0.1) is 0 Å². The minimum absolute atomic E-state index is 0.0845. The average Bonchev–Trinajstić information content (AvgIpc) is 2.30. The van der Waals surface area contributed by atoms with Gasteiger partial charge in [-0.15, -0.1) is 0 Å². The van der Waals surface area contributed by atoms with Crippen LogP contribution in [0.1, 0.15) is 31.4 Å². The van der Waals surface area contributed by atoms with Crippen LogP contribution in [0.3, 0.4) is 0 Å². The number of rotatable bonds is 3. The quantitative estimate of drug-likeness (QED) is 0.847. The van der Waals surface area contributed by atoms with Crippen molar-refractivity contribution in [1.82, 2.24) is 10.6 Å². The van der Waals surface area contributed by atoms with Crippen molar-refractivity contribution in [3.63, 3.8) is 0 Å². The lowest BCUT2D eigenvalue weighted by Crippen LogP contribution is -2.41. The van der Waals surface area contributed by atoms with E-state index in [9.17, 15) is 8.78 Å². The number of nitrogens with one attached hydrogen (secondary N) is 2. The first-order chi connectivity index (χ1) is 8.16. The zero-order valence-electron chi connectivity index (χ0n) is 9.97. The largest absolute Gasteiger partial charge is 0.317 e. The van der Waals surface area contributed by atoms with Crippen molar-refractivity contribution >= 4 is 0 Å². The van der Waals surface area contributed by atoms with Crippen LogP contribution < -0.4 is 10.6 Å². The maximum atomic E-state index is 13.6. The van der Waals surface area contributed by atoms with Crippen molar-refractivity contribution < 1.29 is 8.78 Å². The smallest absolute Gasteiger partial charge is 0.130 e. The fraction of sp³-hybridized carbons (Fsp3) is 0.538. The molecule has 1 unspecified atom stereocenters. The third kappa shape index (κ3) is 3.23. The number of hydrogen-bond donors (Lipinski definition) is 2. The molecule has 17 heavy (non-hydrogen) atoms. The summed E-state index contributed by atoms with van der Waals surface area (Å²) in [6.07, 6.45) is 2.10. The van der Waals surface area contributed by atoms with Gasteiger partial charge in [0.25, 0.3) is 0 Å². The van der Waals surface area contributed by atoms with E-state index >= 15 is 0 Å². The van der Waals surface area contributed by atoms with E-state index in [2.05, 4.69) is 10.6 Å². The van der Waals surface area contributed by atoms with Crippen molar-refractivity contribution in [3.05, 3.63) is 35.4 Å². The Hall–Kier alpha value is -1.00. The third-order valence-electron chi connectivity index (χ3n) is 3.25. The molecule has 1 aliphatic rings. The van der Waals surface area contributed by atoms with Gasteiger partial charge in [0.2, 0.25) is 0 Å². The van der Waals surface area contributed by atoms with Crippen LogP contribution in [0, 0.1) is 11.6 Å². The van der Waals surface area contributed by atoms with Crippen LogP contribution >= 0.6 is 0 Å². The highest BCUT2D eigenvalue weighted by Gasteiger charge is 2.18. The van der Waals surface area contributed by atoms with Gasteiger partial charge < -0.3 is 10.6 Å². The molecule has 2 nitrogen and oxygen atoms in total. The second kappa shape index (κ2) is 5.56. The third-order valence-corrected chi connectivity index (χ3v) is 3.25. The monoisotopic (exact) mass is 240 g/mol. The second-order valence-corrected chi connectivity index (χ2v) is 4.58. The lowest BCUT2D eigenvalue weighted by molar-refractivity contribution is 0.355. The Kier molecular flexibility index (Phi) is 4.07. The van der Waals surface area contributed by atoms with E-state index in [1.54, 1.807) is 0 Å². The minimum Gasteiger partial charge on any atom is -0.317 e. The molecule has 0 bridgehead atoms. The Labute approximate surface area is 100 Å². The Morgan fingerprint density at radius 3 is 2.65 bits per heavy atom. The molecule has 0 radical (unpaired) electrons. The van der Waals surface area contributed by atoms with E-state index in [1.807, 2.05) is 6.92 Å². The van der Waals surface area contributed by atoms with E-state index in [-0.39, 0.29) is 6.04 Å². The lowest BCUT2D eigenvalue weighted by atomic mass is 10.0. The van der Waals surface area contributed by atoms with Crippen LogP contribution in [0.5, 0.6) is 0 Å². The predicted molar refractivity (Wildman–Crippen MR) is 63.8 cm³/mol. The summed E-state index contributed by atoms with van der Waals surface area (Å²) in [6, 6.07) is 4.09. The summed E-state index contributed by atoms with van der Waals surface area (Å²) < 4.78 is 26.4. The van der Waals surface area contributed by atoms with Gasteiger partial charge in [-0.25, -0.2) is 8.78 Å². The van der Waals surface area contributed by atoms with E-state index < -0.39 is 11.6 Å². The van der Waals surface area contributed by atoms with Crippen molar-refractivity contribution in [3.8, 4) is 0 Å². The SMILES string of the molecule is CC(NC1CCNCC1)c1ccc(F)cc1F. The summed E-state index contributed by atoms with van der Waals surface area (Å²) >= 11 is 0. The molecule has 4 heteroatoms. The Morgan fingerprint density at radius 2 is 2.00 bits per heavy atom. The van der Waals surface area contributed by atoms with Gasteiger partial charge >= 0.3 is 0 Å². The molecule has 1 atom stereocenters. The van der Waals surface area contributed by atoms with Gasteiger partial charge in [-0.1, -0.05) is 6.07 Å². The summed E-state index contributed by atoms with van der Waals surface area (Å²) in [7, 11) is 0. The summed E-state index contributed by atoms with van der Waals surface area (Å²) in [4.78, 5) is 0. The first kappa shape index (κ1) is 12.5. The Bertz CT molecular complexity index is 376. The summed E-state index contributed by atoms with van der Waals surface area (Å²) in [5.41, 5.74) is 0.532. The maximum Gasteiger partial charge on any atom is 0.130 e. The van der Waals surface area contributed by atoms with Crippen molar-refractivity contribution in [1.29, 1.82) is 0 Å². The van der Waals surface area contributed by atoms with Crippen molar-refractivity contribution in [2.75, 3.05) is 13.1 Å². The molecule has 0 aliphatic carbocycles. The van der Waals surface area contributed by atoms with Crippen LogP contribution in [0.2, 0.25) is 0 Å². The van der Waals surface area contributed by atoms with Crippen molar-refractivity contribution in [2.45, 2.75) is 31.8 Å². The van der Waals surface area contributed by atoms with E-state index in [0.717, 1.165) is 32.0 Å². The molecule has 1 aromatic carbocycles. The van der Waals surface area contributed by atoms with Crippen LogP contribution in [-0.4, -0.2) is 19.1 Å². The molecule has 2 N–H and O–H groups in total. The number of benzene rings is 1. The molecule has 1 saturated heterocycles. The van der Waals surface area contributed by atoms with E-state index in [4.69, 9.17) is 0 Å². The fourth-order valence-corrected chi connectivity index (χ4v) is 2.28. The standard InChI is InChI=1S/C13H18F2N2/c1-9(17-11-4-6-16-7-5-11)12-3-2-10(14)8-13(12)15/h2-3,8-9,11,16-17H,4-7H2,1H3. The van der Waals surface area contributed by atoms with Gasteiger partial charge in [-0.05, 0) is 38.9 Å². The molecular formula is C13H18F2N2. The second-order valence-electron chi connectivity index (χ2n) is 4.58. The molecule has 1 aromatic rings. The lowest BCUT2D eigenvalue weighted by Gasteiger charge is -2.27. The molecular weight excluding hydrogens is 222 g/mol. The number of hydrogen-bond acceptors (Lipinski definition) is 2. The minimum atomic E-state index is -0.527. The molecule has 0 saturated carbocycles. The molecule has 0 aromatic heterocycles. The molecule has 1 heterocycles. The highest BCUT2D eigenvalue weighted by molar-refractivity contribution is 5.21. The van der Waals surface area contributed by atoms with Crippen LogP contribution in [-0.2, 0) is 0 Å². The predicted octanol–water partition coefficient (Wildman–Crippen LogP) is 2.37. The number of halogens is 2. The zero-order valence-corrected chi connectivity index (χ0v) is 9.97. The molecule has 94 valence electrons. The average molecular weight is 240 g/mol. The molecule has 1 aliphatic heterocycles. The summed E-state index contributed by atoms with van der Waals surface area (Å²) in [5, 5.41) is 6.68. The Balaban J connectivity index is 2.00. The maximum absolute atomic E-state index is 13.6. The van der Waals surface area contributed by atoms with Crippen LogP contribution in [0.4, 0.5) is 8.78 Å². The summed E-state index contributed by atoms with van der Waals surface area (Å²) in [5.74, 6) is -1.00. The van der Waals surface area contributed by atoms with Gasteiger partial charge in [-0.3, -0.25) is 0 Å². The topological polar surface area (TPSA) is 24.1 Å². The Morgan fingerprint density at radius 1 is 1.29 bits per heavy atom. The molecule has 0 amide bonds. The van der Waals surface area contributed by atoms with Gasteiger partial charge in [0.15, 0.2) is 0 Å². The number of piperidine rings is 1.